The molecule has 2 N–H and O–H groups in total. The van der Waals surface area contributed by atoms with Gasteiger partial charge in [0, 0.05) is 6.20 Å². The predicted octanol–water partition coefficient (Wildman–Crippen LogP) is 2.49. The summed E-state index contributed by atoms with van der Waals surface area (Å²) >= 11 is 0. The van der Waals surface area contributed by atoms with Crippen LogP contribution in [0.15, 0.2) is 36.5 Å². The zero-order chi connectivity index (χ0) is 13.1. The fourth-order valence-corrected chi connectivity index (χ4v) is 1.46. The van der Waals surface area contributed by atoms with Gasteiger partial charge in [-0.15, -0.1) is 0 Å². The molecule has 0 saturated heterocycles. The number of phenolic OH excluding ortho intramolecular Hbond substituents is 1. The van der Waals surface area contributed by atoms with Gasteiger partial charge in [-0.1, -0.05) is 12.1 Å². The molecule has 0 aliphatic heterocycles. The standard InChI is InChI=1S/C13H11FN2O2/c1-8-5-6-11(15-7-8)16-13(18)12-9(14)3-2-4-10(12)17/h2-7,17H,1H3,(H,15,16,18). The van der Waals surface area contributed by atoms with E-state index < -0.39 is 17.5 Å². The summed E-state index contributed by atoms with van der Waals surface area (Å²) in [5.74, 6) is -1.62. The number of aryl methyl sites for hydroxylation is 1. The van der Waals surface area contributed by atoms with Crippen LogP contribution in [0, 0.1) is 12.7 Å². The lowest BCUT2D eigenvalue weighted by Gasteiger charge is -2.07. The van der Waals surface area contributed by atoms with Gasteiger partial charge in [-0.25, -0.2) is 9.37 Å². The number of rotatable bonds is 2. The molecule has 0 radical (unpaired) electrons. The van der Waals surface area contributed by atoms with E-state index in [1.165, 1.54) is 12.1 Å². The minimum atomic E-state index is -0.778. The van der Waals surface area contributed by atoms with E-state index in [0.717, 1.165) is 11.6 Å². The Hall–Kier alpha value is -2.43. The summed E-state index contributed by atoms with van der Waals surface area (Å²) in [4.78, 5) is 15.8. The molecule has 2 rings (SSSR count). The van der Waals surface area contributed by atoms with E-state index in [-0.39, 0.29) is 5.56 Å². The number of nitrogens with zero attached hydrogens (tertiary/aromatic N) is 1. The van der Waals surface area contributed by atoms with E-state index in [9.17, 15) is 14.3 Å². The number of pyridine rings is 1. The maximum Gasteiger partial charge on any atom is 0.263 e. The third-order valence-corrected chi connectivity index (χ3v) is 2.37. The SMILES string of the molecule is Cc1ccc(NC(=O)c2c(O)cccc2F)nc1. The molecule has 1 aromatic carbocycles. The zero-order valence-corrected chi connectivity index (χ0v) is 9.64. The fraction of sp³-hybridized carbons (Fsp3) is 0.0769. The molecule has 2 aromatic rings. The smallest absolute Gasteiger partial charge is 0.263 e. The number of aromatic hydroxyl groups is 1. The van der Waals surface area contributed by atoms with Crippen LogP contribution >= 0.6 is 0 Å². The van der Waals surface area contributed by atoms with Crippen molar-refractivity contribution in [2.45, 2.75) is 6.92 Å². The number of amides is 1. The molecule has 4 nitrogen and oxygen atoms in total. The lowest BCUT2D eigenvalue weighted by molar-refractivity contribution is 0.102. The van der Waals surface area contributed by atoms with Crippen molar-refractivity contribution in [1.82, 2.24) is 4.98 Å². The van der Waals surface area contributed by atoms with Gasteiger partial charge in [0.15, 0.2) is 0 Å². The monoisotopic (exact) mass is 246 g/mol. The van der Waals surface area contributed by atoms with Crippen LogP contribution in [0.2, 0.25) is 0 Å². The van der Waals surface area contributed by atoms with E-state index in [1.807, 2.05) is 6.92 Å². The summed E-state index contributed by atoms with van der Waals surface area (Å²) in [6, 6.07) is 7.05. The van der Waals surface area contributed by atoms with E-state index in [2.05, 4.69) is 10.3 Å². The number of halogens is 1. The highest BCUT2D eigenvalue weighted by Gasteiger charge is 2.16. The molecule has 92 valence electrons. The average Bonchev–Trinajstić information content (AvgIpc) is 2.32. The zero-order valence-electron chi connectivity index (χ0n) is 9.64. The largest absolute Gasteiger partial charge is 0.507 e. The summed E-state index contributed by atoms with van der Waals surface area (Å²) in [5.41, 5.74) is 0.557. The second-order valence-electron chi connectivity index (χ2n) is 3.81. The fourth-order valence-electron chi connectivity index (χ4n) is 1.46. The van der Waals surface area contributed by atoms with Crippen molar-refractivity contribution in [2.24, 2.45) is 0 Å². The van der Waals surface area contributed by atoms with Gasteiger partial charge in [-0.2, -0.15) is 0 Å². The van der Waals surface area contributed by atoms with Gasteiger partial charge in [0.25, 0.3) is 5.91 Å². The van der Waals surface area contributed by atoms with Crippen LogP contribution < -0.4 is 5.32 Å². The van der Waals surface area contributed by atoms with Gasteiger partial charge in [0.2, 0.25) is 0 Å². The molecule has 5 heteroatoms. The lowest BCUT2D eigenvalue weighted by Crippen LogP contribution is -2.14. The van der Waals surface area contributed by atoms with Crippen molar-refractivity contribution < 1.29 is 14.3 Å². The molecular weight excluding hydrogens is 235 g/mol. The summed E-state index contributed by atoms with van der Waals surface area (Å²) in [6.07, 6.45) is 1.58. The minimum absolute atomic E-state index is 0.299. The van der Waals surface area contributed by atoms with Crippen molar-refractivity contribution in [3.63, 3.8) is 0 Å². The maximum atomic E-state index is 13.4. The number of carbonyl (C=O) groups excluding carboxylic acids is 1. The van der Waals surface area contributed by atoms with Crippen LogP contribution in [0.25, 0.3) is 0 Å². The van der Waals surface area contributed by atoms with E-state index in [1.54, 1.807) is 18.3 Å². The first-order valence-electron chi connectivity index (χ1n) is 5.29. The second-order valence-corrected chi connectivity index (χ2v) is 3.81. The van der Waals surface area contributed by atoms with E-state index in [4.69, 9.17) is 0 Å². The highest BCUT2D eigenvalue weighted by Crippen LogP contribution is 2.20. The number of hydrogen-bond acceptors (Lipinski definition) is 3. The van der Waals surface area contributed by atoms with Crippen molar-refractivity contribution in [1.29, 1.82) is 0 Å². The molecule has 1 heterocycles. The average molecular weight is 246 g/mol. The third kappa shape index (κ3) is 2.45. The number of phenols is 1. The first-order chi connectivity index (χ1) is 8.58. The number of aromatic nitrogens is 1. The number of hydrogen-bond donors (Lipinski definition) is 2. The Labute approximate surface area is 103 Å². The summed E-state index contributed by atoms with van der Waals surface area (Å²) in [6.45, 7) is 1.86. The second kappa shape index (κ2) is 4.83. The lowest BCUT2D eigenvalue weighted by atomic mass is 10.1. The van der Waals surface area contributed by atoms with Crippen molar-refractivity contribution in [2.75, 3.05) is 5.32 Å². The Morgan fingerprint density at radius 2 is 2.11 bits per heavy atom. The summed E-state index contributed by atoms with van der Waals surface area (Å²) < 4.78 is 13.4. The molecule has 0 bridgehead atoms. The van der Waals surface area contributed by atoms with Gasteiger partial charge >= 0.3 is 0 Å². The Bertz CT molecular complexity index is 562. The highest BCUT2D eigenvalue weighted by molar-refractivity contribution is 6.05. The molecule has 18 heavy (non-hydrogen) atoms. The molecule has 1 amide bonds. The Balaban J connectivity index is 2.25. The number of anilines is 1. The molecule has 0 aliphatic rings. The molecular formula is C13H11FN2O2. The third-order valence-electron chi connectivity index (χ3n) is 2.37. The van der Waals surface area contributed by atoms with E-state index in [0.29, 0.717) is 5.82 Å². The van der Waals surface area contributed by atoms with Gasteiger partial charge in [-0.3, -0.25) is 4.79 Å². The van der Waals surface area contributed by atoms with Gasteiger partial charge in [0.05, 0.1) is 0 Å². The van der Waals surface area contributed by atoms with Gasteiger partial charge in [0.1, 0.15) is 22.9 Å². The van der Waals surface area contributed by atoms with Gasteiger partial charge in [-0.05, 0) is 30.7 Å². The Morgan fingerprint density at radius 3 is 2.72 bits per heavy atom. The first kappa shape index (κ1) is 12.0. The van der Waals surface area contributed by atoms with Crippen molar-refractivity contribution in [3.8, 4) is 5.75 Å². The molecule has 0 spiro atoms. The summed E-state index contributed by atoms with van der Waals surface area (Å²) in [5, 5.41) is 11.9. The van der Waals surface area contributed by atoms with Crippen LogP contribution in [-0.2, 0) is 0 Å². The normalized spacial score (nSPS) is 10.1. The molecule has 0 aliphatic carbocycles. The minimum Gasteiger partial charge on any atom is -0.507 e. The molecule has 0 fully saturated rings. The Kier molecular flexibility index (Phi) is 3.23. The van der Waals surface area contributed by atoms with Crippen LogP contribution in [0.1, 0.15) is 15.9 Å². The first-order valence-corrected chi connectivity index (χ1v) is 5.29. The Morgan fingerprint density at radius 1 is 1.33 bits per heavy atom. The molecule has 1 aromatic heterocycles. The molecule has 0 unspecified atom stereocenters. The van der Waals surface area contributed by atoms with Gasteiger partial charge < -0.3 is 10.4 Å². The quantitative estimate of drug-likeness (QED) is 0.855. The topological polar surface area (TPSA) is 62.2 Å². The van der Waals surface area contributed by atoms with Crippen LogP contribution in [0.4, 0.5) is 10.2 Å². The van der Waals surface area contributed by atoms with Crippen molar-refractivity contribution in [3.05, 3.63) is 53.5 Å². The van der Waals surface area contributed by atoms with Crippen LogP contribution in [0.5, 0.6) is 5.75 Å². The predicted molar refractivity (Wildman–Crippen MR) is 65.0 cm³/mol. The highest BCUT2D eigenvalue weighted by atomic mass is 19.1. The molecule has 0 saturated carbocycles. The van der Waals surface area contributed by atoms with E-state index >= 15 is 0 Å². The number of benzene rings is 1. The maximum absolute atomic E-state index is 13.4. The van der Waals surface area contributed by atoms with Crippen molar-refractivity contribution >= 4 is 11.7 Å². The van der Waals surface area contributed by atoms with Crippen LogP contribution in [-0.4, -0.2) is 16.0 Å². The molecule has 0 atom stereocenters. The van der Waals surface area contributed by atoms with Crippen LogP contribution in [0.3, 0.4) is 0 Å². The summed E-state index contributed by atoms with van der Waals surface area (Å²) in [7, 11) is 0. The number of nitrogens with one attached hydrogen (secondary N) is 1. The number of carbonyl (C=O) groups is 1.